The van der Waals surface area contributed by atoms with Gasteiger partial charge < -0.3 is 13.9 Å². The summed E-state index contributed by atoms with van der Waals surface area (Å²) in [4.78, 5) is 10.9. The van der Waals surface area contributed by atoms with E-state index in [1.807, 2.05) is 0 Å². The molecule has 0 rings (SSSR count). The van der Waals surface area contributed by atoms with Gasteiger partial charge in [0.15, 0.2) is 0 Å². The van der Waals surface area contributed by atoms with Crippen molar-refractivity contribution in [2.24, 2.45) is 0 Å². The molecule has 0 saturated carbocycles. The van der Waals surface area contributed by atoms with Gasteiger partial charge in [0.05, 0.1) is 34.3 Å². The summed E-state index contributed by atoms with van der Waals surface area (Å²) in [5, 5.41) is 0. The van der Waals surface area contributed by atoms with Crippen LogP contribution in [0.1, 0.15) is 13.3 Å². The maximum atomic E-state index is 10.9. The van der Waals surface area contributed by atoms with Crippen LogP contribution in [0, 0.1) is 0 Å². The van der Waals surface area contributed by atoms with Crippen LogP contribution in [0.5, 0.6) is 0 Å². The van der Waals surface area contributed by atoms with Gasteiger partial charge in [-0.15, -0.1) is 0 Å². The fourth-order valence-corrected chi connectivity index (χ4v) is 0.827. The van der Waals surface area contributed by atoms with E-state index >= 15 is 0 Å². The summed E-state index contributed by atoms with van der Waals surface area (Å²) in [6.45, 7) is 6.65. The summed E-state index contributed by atoms with van der Waals surface area (Å²) in [7, 11) is 6.34. The van der Waals surface area contributed by atoms with E-state index in [-0.39, 0.29) is 10.7 Å². The zero-order chi connectivity index (χ0) is 10.5. The van der Waals surface area contributed by atoms with Gasteiger partial charge in [-0.2, -0.15) is 0 Å². The maximum absolute atomic E-state index is 10.9. The van der Waals surface area contributed by atoms with E-state index in [2.05, 4.69) is 27.7 Å². The Balaban J connectivity index is 0. The Morgan fingerprint density at radius 3 is 2.21 bits per heavy atom. The Kier molecular flexibility index (Phi) is 7.27. The number of halogens is 1. The second-order valence-corrected chi connectivity index (χ2v) is 4.28. The minimum atomic E-state index is -0.290. The van der Waals surface area contributed by atoms with Crippen molar-refractivity contribution in [1.82, 2.24) is 0 Å². The van der Waals surface area contributed by atoms with Crippen LogP contribution >= 0.6 is 0 Å². The highest BCUT2D eigenvalue weighted by Crippen LogP contribution is 1.96. The summed E-state index contributed by atoms with van der Waals surface area (Å²) in [6, 6.07) is 0. The molecule has 0 amide bonds. The molecule has 0 atom stereocenters. The first-order valence-electron chi connectivity index (χ1n) is 4.46. The van der Waals surface area contributed by atoms with Crippen LogP contribution < -0.4 is 4.70 Å². The fraction of sp³-hybridized carbons (Fsp3) is 0.700. The van der Waals surface area contributed by atoms with Crippen LogP contribution in [0.15, 0.2) is 12.2 Å². The standard InChI is InChI=1S/C10H20NO2.FH/c1-9(2)10(12)13-8-6-7-11(3,4)5;/h1,6-8H2,2-5H3;1H/q+1;/p-1. The highest BCUT2D eigenvalue weighted by molar-refractivity contribution is 5.86. The largest absolute Gasteiger partial charge is 1.00 e. The van der Waals surface area contributed by atoms with Crippen LogP contribution in [-0.4, -0.2) is 44.7 Å². The number of esters is 1. The van der Waals surface area contributed by atoms with E-state index in [0.717, 1.165) is 17.4 Å². The Bertz CT molecular complexity index is 197. The summed E-state index contributed by atoms with van der Waals surface area (Å²) in [6.07, 6.45) is 0.891. The molecule has 0 aliphatic rings. The summed E-state index contributed by atoms with van der Waals surface area (Å²) in [5.41, 5.74) is 0.463. The van der Waals surface area contributed by atoms with Gasteiger partial charge >= 0.3 is 5.97 Å². The summed E-state index contributed by atoms with van der Waals surface area (Å²) >= 11 is 0. The first-order valence-corrected chi connectivity index (χ1v) is 4.46. The van der Waals surface area contributed by atoms with Gasteiger partial charge in [-0.3, -0.25) is 0 Å². The molecule has 0 unspecified atom stereocenters. The molecule has 0 aliphatic carbocycles. The van der Waals surface area contributed by atoms with Gasteiger partial charge in [0.1, 0.15) is 0 Å². The number of quaternary nitrogens is 1. The normalized spacial score (nSPS) is 10.3. The van der Waals surface area contributed by atoms with E-state index < -0.39 is 0 Å². The van der Waals surface area contributed by atoms with Gasteiger partial charge in [-0.25, -0.2) is 4.79 Å². The van der Waals surface area contributed by atoms with Crippen molar-refractivity contribution < 1.29 is 18.7 Å². The number of nitrogens with zero attached hydrogens (tertiary/aromatic N) is 1. The van der Waals surface area contributed by atoms with E-state index in [9.17, 15) is 4.79 Å². The average molecular weight is 205 g/mol. The van der Waals surface area contributed by atoms with E-state index in [4.69, 9.17) is 4.74 Å². The molecular formula is C10H20FNO2. The lowest BCUT2D eigenvalue weighted by atomic mass is 10.3. The van der Waals surface area contributed by atoms with Crippen LogP contribution in [0.25, 0.3) is 0 Å². The minimum absolute atomic E-state index is 0. The van der Waals surface area contributed by atoms with Crippen molar-refractivity contribution in [2.75, 3.05) is 34.3 Å². The molecule has 0 radical (unpaired) electrons. The van der Waals surface area contributed by atoms with Crippen LogP contribution in [0.2, 0.25) is 0 Å². The molecule has 3 nitrogen and oxygen atoms in total. The number of hydrogen-bond donors (Lipinski definition) is 0. The van der Waals surface area contributed by atoms with Gasteiger partial charge in [0.25, 0.3) is 0 Å². The molecule has 0 aromatic heterocycles. The van der Waals surface area contributed by atoms with E-state index in [1.165, 1.54) is 0 Å². The van der Waals surface area contributed by atoms with Crippen LogP contribution in [0.4, 0.5) is 0 Å². The third-order valence-electron chi connectivity index (χ3n) is 1.55. The number of ether oxygens (including phenoxy) is 1. The Morgan fingerprint density at radius 1 is 1.36 bits per heavy atom. The average Bonchev–Trinajstić information content (AvgIpc) is 1.95. The molecule has 0 bridgehead atoms. The van der Waals surface area contributed by atoms with Crippen LogP contribution in [-0.2, 0) is 9.53 Å². The zero-order valence-corrected chi connectivity index (χ0v) is 9.47. The number of rotatable bonds is 5. The number of hydrogen-bond acceptors (Lipinski definition) is 2. The Hall–Kier alpha value is -0.900. The smallest absolute Gasteiger partial charge is 0.333 e. The fourth-order valence-electron chi connectivity index (χ4n) is 0.827. The molecule has 14 heavy (non-hydrogen) atoms. The number of carbonyl (C=O) groups excluding carboxylic acids is 1. The molecule has 0 spiro atoms. The van der Waals surface area contributed by atoms with Crippen molar-refractivity contribution in [3.63, 3.8) is 0 Å². The third-order valence-corrected chi connectivity index (χ3v) is 1.55. The molecule has 0 fully saturated rings. The lowest BCUT2D eigenvalue weighted by Crippen LogP contribution is -3.00. The maximum Gasteiger partial charge on any atom is 0.333 e. The SMILES string of the molecule is C=C(C)C(=O)OCCC[N+](C)(C)C.[F-]. The van der Waals surface area contributed by atoms with Crippen molar-refractivity contribution in [2.45, 2.75) is 13.3 Å². The molecule has 4 heteroatoms. The summed E-state index contributed by atoms with van der Waals surface area (Å²) in [5.74, 6) is -0.290. The van der Waals surface area contributed by atoms with Gasteiger partial charge in [0, 0.05) is 12.0 Å². The lowest BCUT2D eigenvalue weighted by Gasteiger charge is -2.23. The molecular weight excluding hydrogens is 185 g/mol. The molecule has 84 valence electrons. The summed E-state index contributed by atoms with van der Waals surface area (Å²) < 4.78 is 5.84. The monoisotopic (exact) mass is 205 g/mol. The predicted octanol–water partition coefficient (Wildman–Crippen LogP) is -1.79. The van der Waals surface area contributed by atoms with Crippen molar-refractivity contribution >= 4 is 5.97 Å². The van der Waals surface area contributed by atoms with Crippen molar-refractivity contribution in [3.8, 4) is 0 Å². The van der Waals surface area contributed by atoms with Gasteiger partial charge in [0.2, 0.25) is 0 Å². The molecule has 0 aliphatic heterocycles. The molecule has 0 aromatic rings. The van der Waals surface area contributed by atoms with E-state index in [0.29, 0.717) is 12.2 Å². The molecule has 0 N–H and O–H groups in total. The predicted molar refractivity (Wildman–Crippen MR) is 53.3 cm³/mol. The van der Waals surface area contributed by atoms with Gasteiger partial charge in [-0.1, -0.05) is 6.58 Å². The van der Waals surface area contributed by atoms with Crippen LogP contribution in [0.3, 0.4) is 0 Å². The Labute approximate surface area is 85.3 Å². The molecule has 0 saturated heterocycles. The highest BCUT2D eigenvalue weighted by atomic mass is 19.0. The van der Waals surface area contributed by atoms with E-state index in [1.54, 1.807) is 6.92 Å². The highest BCUT2D eigenvalue weighted by Gasteiger charge is 2.07. The molecule has 0 aromatic carbocycles. The lowest BCUT2D eigenvalue weighted by molar-refractivity contribution is -0.870. The quantitative estimate of drug-likeness (QED) is 0.229. The molecule has 0 heterocycles. The number of carbonyl (C=O) groups is 1. The second-order valence-electron chi connectivity index (χ2n) is 4.28. The first kappa shape index (κ1) is 15.6. The Morgan fingerprint density at radius 2 is 1.86 bits per heavy atom. The van der Waals surface area contributed by atoms with Gasteiger partial charge in [-0.05, 0) is 6.92 Å². The first-order chi connectivity index (χ1) is 5.83. The second kappa shape index (κ2) is 6.54. The zero-order valence-electron chi connectivity index (χ0n) is 9.47. The van der Waals surface area contributed by atoms with Crippen molar-refractivity contribution in [3.05, 3.63) is 12.2 Å². The minimum Gasteiger partial charge on any atom is -1.00 e. The third kappa shape index (κ3) is 9.19. The van der Waals surface area contributed by atoms with Crippen molar-refractivity contribution in [1.29, 1.82) is 0 Å². The topological polar surface area (TPSA) is 26.3 Å².